The van der Waals surface area contributed by atoms with E-state index in [1.54, 1.807) is 28.9 Å². The highest BCUT2D eigenvalue weighted by Gasteiger charge is 2.24. The molecule has 6 heteroatoms. The first-order valence-electron chi connectivity index (χ1n) is 8.34. The summed E-state index contributed by atoms with van der Waals surface area (Å²) in [4.78, 5) is 14.5. The fraction of sp³-hybridized carbons (Fsp3) is 0.200. The molecule has 0 spiro atoms. The third kappa shape index (κ3) is 2.84. The fourth-order valence-electron chi connectivity index (χ4n) is 3.22. The number of hydrogen-bond acceptors (Lipinski definition) is 3. The molecule has 1 aliphatic heterocycles. The summed E-state index contributed by atoms with van der Waals surface area (Å²) in [5.74, 6) is 0.749. The van der Waals surface area contributed by atoms with Crippen LogP contribution in [0.5, 0.6) is 5.75 Å². The first-order valence-corrected chi connectivity index (χ1v) is 8.72. The van der Waals surface area contributed by atoms with Crippen LogP contribution in [0.2, 0.25) is 5.02 Å². The summed E-state index contributed by atoms with van der Waals surface area (Å²) in [7, 11) is 1.76. The Balaban J connectivity index is 1.64. The van der Waals surface area contributed by atoms with Crippen molar-refractivity contribution in [3.63, 3.8) is 0 Å². The molecule has 0 bridgehead atoms. The maximum atomic E-state index is 12.9. The number of anilines is 1. The molecule has 0 aliphatic carbocycles. The normalized spacial score (nSPS) is 12.1. The number of nitrogens with zero attached hydrogens (tertiary/aromatic N) is 3. The topological polar surface area (TPSA) is 47.4 Å². The second-order valence-electron chi connectivity index (χ2n) is 6.34. The van der Waals surface area contributed by atoms with Crippen molar-refractivity contribution in [3.8, 4) is 17.0 Å². The number of carbonyl (C=O) groups is 1. The molecule has 3 aromatic rings. The number of ether oxygens (including phenoxy) is 1. The Hall–Kier alpha value is -2.79. The van der Waals surface area contributed by atoms with Gasteiger partial charge in [-0.2, -0.15) is 5.10 Å². The van der Waals surface area contributed by atoms with Gasteiger partial charge in [-0.3, -0.25) is 9.48 Å². The van der Waals surface area contributed by atoms with E-state index in [0.717, 1.165) is 33.8 Å². The van der Waals surface area contributed by atoms with Crippen LogP contribution < -0.4 is 9.64 Å². The highest BCUT2D eigenvalue weighted by atomic mass is 35.5. The minimum Gasteiger partial charge on any atom is -0.488 e. The lowest BCUT2D eigenvalue weighted by molar-refractivity contribution is -0.119. The van der Waals surface area contributed by atoms with E-state index in [2.05, 4.69) is 5.10 Å². The van der Waals surface area contributed by atoms with Crippen LogP contribution in [0.3, 0.4) is 0 Å². The van der Waals surface area contributed by atoms with Gasteiger partial charge >= 0.3 is 0 Å². The first kappa shape index (κ1) is 16.7. The molecule has 0 saturated heterocycles. The van der Waals surface area contributed by atoms with Gasteiger partial charge in [0.1, 0.15) is 18.9 Å². The highest BCUT2D eigenvalue weighted by molar-refractivity contribution is 6.31. The van der Waals surface area contributed by atoms with Gasteiger partial charge in [-0.1, -0.05) is 29.8 Å². The Morgan fingerprint density at radius 2 is 2.12 bits per heavy atom. The van der Waals surface area contributed by atoms with Gasteiger partial charge in [0.05, 0.1) is 11.9 Å². The maximum absolute atomic E-state index is 12.9. The molecule has 0 atom stereocenters. The number of likely N-dealkylation sites (N-methyl/N-ethyl adjacent to an activating group) is 1. The van der Waals surface area contributed by atoms with E-state index in [-0.39, 0.29) is 12.5 Å². The molecular weight excluding hydrogens is 350 g/mol. The molecule has 26 heavy (non-hydrogen) atoms. The lowest BCUT2D eigenvalue weighted by Crippen LogP contribution is -2.31. The van der Waals surface area contributed by atoms with E-state index in [0.29, 0.717) is 11.6 Å². The highest BCUT2D eigenvalue weighted by Crippen LogP contribution is 2.37. The number of aromatic nitrogens is 2. The minimum atomic E-state index is -0.0646. The number of benzene rings is 2. The Morgan fingerprint density at radius 3 is 2.96 bits per heavy atom. The van der Waals surface area contributed by atoms with Crippen LogP contribution in [-0.4, -0.2) is 22.7 Å². The number of fused-ring (bicyclic) bond motifs is 3. The molecule has 4 rings (SSSR count). The molecule has 2 heterocycles. The summed E-state index contributed by atoms with van der Waals surface area (Å²) in [6.07, 6.45) is 1.77. The minimum absolute atomic E-state index is 0.0646. The average molecular weight is 368 g/mol. The number of halogens is 1. The third-order valence-corrected chi connectivity index (χ3v) is 4.87. The number of para-hydroxylation sites is 1. The van der Waals surface area contributed by atoms with Crippen LogP contribution in [0.1, 0.15) is 11.1 Å². The average Bonchev–Trinajstić information content (AvgIpc) is 3.06. The van der Waals surface area contributed by atoms with E-state index in [1.807, 2.05) is 43.3 Å². The molecule has 1 aromatic heterocycles. The van der Waals surface area contributed by atoms with Crippen LogP contribution in [-0.2, 0) is 17.9 Å². The van der Waals surface area contributed by atoms with Crippen molar-refractivity contribution in [2.45, 2.75) is 20.1 Å². The summed E-state index contributed by atoms with van der Waals surface area (Å²) in [5, 5.41) is 5.02. The molecule has 1 aliphatic rings. The van der Waals surface area contributed by atoms with Crippen molar-refractivity contribution in [2.24, 2.45) is 0 Å². The third-order valence-electron chi connectivity index (χ3n) is 4.63. The van der Waals surface area contributed by atoms with Crippen LogP contribution >= 0.6 is 11.6 Å². The quantitative estimate of drug-likeness (QED) is 0.701. The number of hydrogen-bond donors (Lipinski definition) is 0. The Morgan fingerprint density at radius 1 is 1.31 bits per heavy atom. The van der Waals surface area contributed by atoms with E-state index >= 15 is 0 Å². The zero-order chi connectivity index (χ0) is 18.3. The lowest BCUT2D eigenvalue weighted by Gasteiger charge is -2.22. The van der Waals surface area contributed by atoms with Gasteiger partial charge in [0.15, 0.2) is 0 Å². The van der Waals surface area contributed by atoms with Crippen LogP contribution in [0.25, 0.3) is 11.3 Å². The van der Waals surface area contributed by atoms with Crippen LogP contribution in [0.4, 0.5) is 5.69 Å². The standard InChI is InChI=1S/C20H18ClN3O2/c1-13-7-8-15(21)9-17(13)23(2)19(25)11-24-20-14(10-22-24)12-26-18-6-4-3-5-16(18)20/h3-10H,11-12H2,1-2H3. The Labute approximate surface area is 156 Å². The first-order chi connectivity index (χ1) is 12.5. The van der Waals surface area contributed by atoms with E-state index < -0.39 is 0 Å². The second kappa shape index (κ2) is 6.50. The zero-order valence-electron chi connectivity index (χ0n) is 14.6. The monoisotopic (exact) mass is 367 g/mol. The molecule has 0 saturated carbocycles. The van der Waals surface area contributed by atoms with Crippen molar-refractivity contribution in [2.75, 3.05) is 11.9 Å². The lowest BCUT2D eigenvalue weighted by atomic mass is 10.0. The molecule has 2 aromatic carbocycles. The Kier molecular flexibility index (Phi) is 4.17. The van der Waals surface area contributed by atoms with E-state index in [9.17, 15) is 4.79 Å². The smallest absolute Gasteiger partial charge is 0.248 e. The van der Waals surface area contributed by atoms with E-state index in [1.165, 1.54) is 0 Å². The summed E-state index contributed by atoms with van der Waals surface area (Å²) >= 11 is 6.09. The number of amides is 1. The number of carbonyl (C=O) groups excluding carboxylic acids is 1. The fourth-order valence-corrected chi connectivity index (χ4v) is 3.38. The molecule has 0 radical (unpaired) electrons. The maximum Gasteiger partial charge on any atom is 0.248 e. The van der Waals surface area contributed by atoms with Gasteiger partial charge in [0, 0.05) is 28.9 Å². The molecule has 1 amide bonds. The summed E-state index contributed by atoms with van der Waals surface area (Å²) in [6, 6.07) is 13.3. The molecule has 132 valence electrons. The van der Waals surface area contributed by atoms with Gasteiger partial charge in [-0.05, 0) is 36.8 Å². The molecule has 0 N–H and O–H groups in total. The molecule has 0 unspecified atom stereocenters. The van der Waals surface area contributed by atoms with Gasteiger partial charge in [-0.15, -0.1) is 0 Å². The molecular formula is C20H18ClN3O2. The second-order valence-corrected chi connectivity index (χ2v) is 6.78. The van der Waals surface area contributed by atoms with Crippen molar-refractivity contribution >= 4 is 23.2 Å². The SMILES string of the molecule is Cc1ccc(Cl)cc1N(C)C(=O)Cn1ncc2c1-c1ccccc1OC2. The van der Waals surface area contributed by atoms with Gasteiger partial charge in [0.2, 0.25) is 5.91 Å². The Bertz CT molecular complexity index is 996. The van der Waals surface area contributed by atoms with Crippen LogP contribution in [0, 0.1) is 6.92 Å². The largest absolute Gasteiger partial charge is 0.488 e. The number of rotatable bonds is 3. The zero-order valence-corrected chi connectivity index (χ0v) is 15.3. The van der Waals surface area contributed by atoms with Crippen LogP contribution in [0.15, 0.2) is 48.7 Å². The molecule has 5 nitrogen and oxygen atoms in total. The van der Waals surface area contributed by atoms with Crippen molar-refractivity contribution in [1.29, 1.82) is 0 Å². The van der Waals surface area contributed by atoms with Crippen molar-refractivity contribution < 1.29 is 9.53 Å². The summed E-state index contributed by atoms with van der Waals surface area (Å²) < 4.78 is 7.50. The van der Waals surface area contributed by atoms with Crippen molar-refractivity contribution in [3.05, 3.63) is 64.8 Å². The molecule has 0 fully saturated rings. The van der Waals surface area contributed by atoms with E-state index in [4.69, 9.17) is 16.3 Å². The summed E-state index contributed by atoms with van der Waals surface area (Å²) in [5.41, 5.74) is 4.67. The predicted molar refractivity (Wildman–Crippen MR) is 102 cm³/mol. The summed E-state index contributed by atoms with van der Waals surface area (Å²) in [6.45, 7) is 2.56. The van der Waals surface area contributed by atoms with Gasteiger partial charge in [-0.25, -0.2) is 0 Å². The predicted octanol–water partition coefficient (Wildman–Crippen LogP) is 4.07. The van der Waals surface area contributed by atoms with Gasteiger partial charge in [0.25, 0.3) is 0 Å². The number of aryl methyl sites for hydroxylation is 1. The van der Waals surface area contributed by atoms with Gasteiger partial charge < -0.3 is 9.64 Å². The van der Waals surface area contributed by atoms with Crippen molar-refractivity contribution in [1.82, 2.24) is 9.78 Å².